The molecule has 5 N–H and O–H groups in total. The Morgan fingerprint density at radius 1 is 1.28 bits per heavy atom. The Hall–Kier alpha value is -3.76. The maximum absolute atomic E-state index is 13.0. The molecule has 2 aromatic rings. The van der Waals surface area contributed by atoms with Crippen LogP contribution in [0.3, 0.4) is 0 Å². The predicted molar refractivity (Wildman–Crippen MR) is 115 cm³/mol. The van der Waals surface area contributed by atoms with E-state index in [1.165, 1.54) is 4.90 Å². The Balaban J connectivity index is 1.45. The standard InChI is InChI=1S/C22H22N4O6/c23-20-16-5-4-14(10-13(16)11-24-20)25-21(30)18(29)19-22(31)26(6-7-32-19)15-3-1-2-12(8-15)9-17(27)28/h1-5,8,10,18-19,29H,6-7,9,11H2,(H2,23,24)(H,25,30)(H,27,28). The molecule has 2 unspecified atom stereocenters. The summed E-state index contributed by atoms with van der Waals surface area (Å²) in [7, 11) is 0. The summed E-state index contributed by atoms with van der Waals surface area (Å²) in [6.07, 6.45) is -3.31. The fourth-order valence-electron chi connectivity index (χ4n) is 3.76. The van der Waals surface area contributed by atoms with Gasteiger partial charge < -0.3 is 30.9 Å². The van der Waals surface area contributed by atoms with Gasteiger partial charge in [0.05, 0.1) is 19.6 Å². The van der Waals surface area contributed by atoms with Gasteiger partial charge in [-0.3, -0.25) is 19.4 Å². The topological polar surface area (TPSA) is 155 Å². The molecule has 2 aliphatic rings. The summed E-state index contributed by atoms with van der Waals surface area (Å²) in [6.45, 7) is 0.735. The number of nitrogens with two attached hydrogens (primary N) is 1. The quantitative estimate of drug-likeness (QED) is 0.504. The number of carboxylic acid groups (broad SMARTS) is 1. The number of carbonyl (C=O) groups is 3. The van der Waals surface area contributed by atoms with E-state index < -0.39 is 30.0 Å². The van der Waals surface area contributed by atoms with E-state index in [2.05, 4.69) is 10.3 Å². The molecule has 2 heterocycles. The third kappa shape index (κ3) is 4.32. The van der Waals surface area contributed by atoms with Crippen LogP contribution in [0.4, 0.5) is 11.4 Å². The van der Waals surface area contributed by atoms with Gasteiger partial charge in [0.15, 0.2) is 12.2 Å². The molecule has 2 amide bonds. The number of rotatable bonds is 6. The lowest BCUT2D eigenvalue weighted by Gasteiger charge is -2.34. The van der Waals surface area contributed by atoms with Crippen LogP contribution in [0.5, 0.6) is 0 Å². The Morgan fingerprint density at radius 2 is 2.09 bits per heavy atom. The lowest BCUT2D eigenvalue weighted by Crippen LogP contribution is -2.55. The molecule has 0 aromatic heterocycles. The summed E-state index contributed by atoms with van der Waals surface area (Å²) < 4.78 is 5.41. The van der Waals surface area contributed by atoms with Crippen molar-refractivity contribution in [1.82, 2.24) is 0 Å². The molecule has 0 aliphatic carbocycles. The molecule has 10 heteroatoms. The van der Waals surface area contributed by atoms with E-state index in [0.29, 0.717) is 29.3 Å². The van der Waals surface area contributed by atoms with Gasteiger partial charge >= 0.3 is 5.97 Å². The molecular formula is C22H22N4O6. The van der Waals surface area contributed by atoms with Crippen LogP contribution < -0.4 is 16.0 Å². The number of amidine groups is 1. The van der Waals surface area contributed by atoms with Crippen molar-refractivity contribution in [2.24, 2.45) is 10.7 Å². The third-order valence-corrected chi connectivity index (χ3v) is 5.32. The monoisotopic (exact) mass is 438 g/mol. The number of amides is 2. The number of aliphatic hydroxyl groups excluding tert-OH is 1. The molecule has 10 nitrogen and oxygen atoms in total. The number of aliphatic imine (C=N–C) groups is 1. The van der Waals surface area contributed by atoms with Gasteiger partial charge in [0.2, 0.25) is 0 Å². The minimum atomic E-state index is -1.73. The van der Waals surface area contributed by atoms with Crippen LogP contribution in [-0.2, 0) is 32.1 Å². The average Bonchev–Trinajstić information content (AvgIpc) is 3.13. The molecule has 0 radical (unpaired) electrons. The summed E-state index contributed by atoms with van der Waals surface area (Å²) in [5.74, 6) is -1.91. The minimum absolute atomic E-state index is 0.110. The molecule has 2 aromatic carbocycles. The van der Waals surface area contributed by atoms with E-state index in [-0.39, 0.29) is 19.6 Å². The van der Waals surface area contributed by atoms with E-state index in [9.17, 15) is 19.5 Å². The number of benzene rings is 2. The summed E-state index contributed by atoms with van der Waals surface area (Å²) in [6, 6.07) is 11.7. The Kier molecular flexibility index (Phi) is 5.89. The zero-order valence-corrected chi connectivity index (χ0v) is 17.0. The fraction of sp³-hybridized carbons (Fsp3) is 0.273. The van der Waals surface area contributed by atoms with Gasteiger partial charge in [-0.1, -0.05) is 12.1 Å². The van der Waals surface area contributed by atoms with Crippen molar-refractivity contribution in [2.75, 3.05) is 23.4 Å². The first-order valence-corrected chi connectivity index (χ1v) is 9.99. The zero-order chi connectivity index (χ0) is 22.8. The number of anilines is 2. The Morgan fingerprint density at radius 3 is 2.88 bits per heavy atom. The zero-order valence-electron chi connectivity index (χ0n) is 17.0. The predicted octanol–water partition coefficient (Wildman–Crippen LogP) is 0.264. The first-order chi connectivity index (χ1) is 15.3. The number of carboxylic acids is 1. The number of hydrogen-bond donors (Lipinski definition) is 4. The second kappa shape index (κ2) is 8.77. The molecule has 0 saturated carbocycles. The van der Waals surface area contributed by atoms with E-state index in [1.807, 2.05) is 0 Å². The van der Waals surface area contributed by atoms with Crippen molar-refractivity contribution in [3.63, 3.8) is 0 Å². The number of hydrogen-bond acceptors (Lipinski definition) is 7. The van der Waals surface area contributed by atoms with Gasteiger partial charge in [0.25, 0.3) is 11.8 Å². The van der Waals surface area contributed by atoms with Crippen molar-refractivity contribution in [3.8, 4) is 0 Å². The van der Waals surface area contributed by atoms with Crippen LogP contribution in [0.1, 0.15) is 16.7 Å². The van der Waals surface area contributed by atoms with Crippen molar-refractivity contribution in [1.29, 1.82) is 0 Å². The largest absolute Gasteiger partial charge is 0.481 e. The van der Waals surface area contributed by atoms with Gasteiger partial charge in [0.1, 0.15) is 5.84 Å². The van der Waals surface area contributed by atoms with Crippen LogP contribution in [0.25, 0.3) is 0 Å². The molecule has 166 valence electrons. The molecule has 32 heavy (non-hydrogen) atoms. The van der Waals surface area contributed by atoms with Crippen molar-refractivity contribution in [2.45, 2.75) is 25.2 Å². The number of aliphatic carboxylic acids is 1. The molecular weight excluding hydrogens is 416 g/mol. The SMILES string of the molecule is NC1=NCc2cc(NC(=O)C(O)C3OCCN(c4cccc(CC(=O)O)c4)C3=O)ccc21. The van der Waals surface area contributed by atoms with Crippen LogP contribution in [0, 0.1) is 0 Å². The van der Waals surface area contributed by atoms with E-state index in [1.54, 1.807) is 42.5 Å². The molecule has 2 aliphatic heterocycles. The van der Waals surface area contributed by atoms with Gasteiger partial charge in [0, 0.05) is 23.5 Å². The highest BCUT2D eigenvalue weighted by molar-refractivity contribution is 6.05. The number of nitrogens with one attached hydrogen (secondary N) is 1. The van der Waals surface area contributed by atoms with Crippen LogP contribution in [0.15, 0.2) is 47.5 Å². The molecule has 0 bridgehead atoms. The lowest BCUT2D eigenvalue weighted by molar-refractivity contribution is -0.150. The van der Waals surface area contributed by atoms with E-state index in [4.69, 9.17) is 15.6 Å². The molecule has 1 saturated heterocycles. The third-order valence-electron chi connectivity index (χ3n) is 5.32. The van der Waals surface area contributed by atoms with Gasteiger partial charge in [-0.05, 0) is 41.5 Å². The van der Waals surface area contributed by atoms with Gasteiger partial charge in [-0.2, -0.15) is 0 Å². The van der Waals surface area contributed by atoms with Crippen LogP contribution in [0.2, 0.25) is 0 Å². The average molecular weight is 438 g/mol. The summed E-state index contributed by atoms with van der Waals surface area (Å²) >= 11 is 0. The number of nitrogens with zero attached hydrogens (tertiary/aromatic N) is 2. The van der Waals surface area contributed by atoms with Crippen LogP contribution >= 0.6 is 0 Å². The smallest absolute Gasteiger partial charge is 0.307 e. The number of aliphatic hydroxyl groups is 1. The Bertz CT molecular complexity index is 1120. The number of ether oxygens (including phenoxy) is 1. The molecule has 0 spiro atoms. The first kappa shape index (κ1) is 21.5. The minimum Gasteiger partial charge on any atom is -0.481 e. The summed E-state index contributed by atoms with van der Waals surface area (Å²) in [5.41, 5.74) is 8.90. The normalized spacial score (nSPS) is 18.7. The second-order valence-electron chi connectivity index (χ2n) is 7.53. The number of fused-ring (bicyclic) bond motifs is 1. The highest BCUT2D eigenvalue weighted by Crippen LogP contribution is 2.24. The summed E-state index contributed by atoms with van der Waals surface area (Å²) in [4.78, 5) is 42.1. The lowest BCUT2D eigenvalue weighted by atomic mass is 10.1. The highest BCUT2D eigenvalue weighted by Gasteiger charge is 2.39. The van der Waals surface area contributed by atoms with Crippen LogP contribution in [-0.4, -0.2) is 59.2 Å². The van der Waals surface area contributed by atoms with Gasteiger partial charge in [-0.25, -0.2) is 0 Å². The maximum atomic E-state index is 13.0. The summed E-state index contributed by atoms with van der Waals surface area (Å²) in [5, 5.41) is 22.1. The fourth-order valence-corrected chi connectivity index (χ4v) is 3.76. The highest BCUT2D eigenvalue weighted by atomic mass is 16.5. The van der Waals surface area contributed by atoms with E-state index >= 15 is 0 Å². The van der Waals surface area contributed by atoms with Gasteiger partial charge in [-0.15, -0.1) is 0 Å². The van der Waals surface area contributed by atoms with Crippen molar-refractivity contribution in [3.05, 3.63) is 59.2 Å². The maximum Gasteiger partial charge on any atom is 0.307 e. The molecule has 4 rings (SSSR count). The van der Waals surface area contributed by atoms with E-state index in [0.717, 1.165) is 11.1 Å². The molecule has 1 fully saturated rings. The first-order valence-electron chi connectivity index (χ1n) is 9.99. The van der Waals surface area contributed by atoms with Crippen molar-refractivity contribution >= 4 is 35.0 Å². The molecule has 2 atom stereocenters. The number of morpholine rings is 1. The second-order valence-corrected chi connectivity index (χ2v) is 7.53. The van der Waals surface area contributed by atoms with Crippen molar-refractivity contribution < 1.29 is 29.3 Å². The number of carbonyl (C=O) groups excluding carboxylic acids is 2. The Labute approximate surface area is 183 Å².